The van der Waals surface area contributed by atoms with Crippen molar-refractivity contribution in [2.45, 2.75) is 107 Å². The fourth-order valence-electron chi connectivity index (χ4n) is 0.600. The molecule has 9 heteroatoms. The first-order chi connectivity index (χ1) is 10.4. The van der Waals surface area contributed by atoms with Gasteiger partial charge >= 0.3 is 0 Å². The van der Waals surface area contributed by atoms with E-state index >= 15 is 0 Å². The van der Waals surface area contributed by atoms with E-state index in [4.69, 9.17) is 15.3 Å². The fraction of sp³-hybridized carbons (Fsp3) is 0.857. The second-order valence-corrected chi connectivity index (χ2v) is 7.59. The van der Waals surface area contributed by atoms with Gasteiger partial charge in [-0.2, -0.15) is 8.42 Å². The van der Waals surface area contributed by atoms with E-state index in [-0.39, 0.29) is 127 Å². The molecule has 0 aromatic carbocycles. The van der Waals surface area contributed by atoms with E-state index in [0.29, 0.717) is 6.42 Å². The maximum atomic E-state index is 9.52. The average Bonchev–Trinajstić information content (AvgIpc) is 3.14. The number of aliphatic hydroxyl groups excluding tert-OH is 3. The summed E-state index contributed by atoms with van der Waals surface area (Å²) in [5.74, 6) is 0.808. The molecule has 6 nitrogen and oxygen atoms in total. The predicted octanol–water partition coefficient (Wildman–Crippen LogP) is 5.28. The van der Waals surface area contributed by atoms with E-state index in [0.717, 1.165) is 18.8 Å². The summed E-state index contributed by atoms with van der Waals surface area (Å²) in [5.41, 5.74) is 0. The van der Waals surface area contributed by atoms with Gasteiger partial charge in [0.15, 0.2) is 5.94 Å². The van der Waals surface area contributed by atoms with Crippen LogP contribution < -0.4 is 0 Å². The van der Waals surface area contributed by atoms with Gasteiger partial charge in [0.1, 0.15) is 0 Å². The molecule has 0 bridgehead atoms. The van der Waals surface area contributed by atoms with Gasteiger partial charge in [-0.25, -0.2) is 4.18 Å². The molecule has 0 aromatic heterocycles. The quantitative estimate of drug-likeness (QED) is 0.288. The molecule has 0 amide bonds. The molecule has 190 valence electrons. The maximum absolute atomic E-state index is 9.52. The zero-order chi connectivity index (χ0) is 19.1. The van der Waals surface area contributed by atoms with Gasteiger partial charge in [-0.05, 0) is 39.0 Å². The minimum absolute atomic E-state index is 0. The van der Waals surface area contributed by atoms with Gasteiger partial charge in [-0.15, -0.1) is 0 Å². The summed E-state index contributed by atoms with van der Waals surface area (Å²) in [6.07, 6.45) is 2.58. The van der Waals surface area contributed by atoms with Gasteiger partial charge in [0.25, 0.3) is 10.1 Å². The summed E-state index contributed by atoms with van der Waals surface area (Å²) < 4.78 is 22.9. The molecule has 0 spiro atoms. The maximum Gasteiger partial charge on any atom is 0.294 e. The van der Waals surface area contributed by atoms with Gasteiger partial charge in [0.05, 0.1) is 18.3 Å². The van der Waals surface area contributed by atoms with Crippen LogP contribution in [0.2, 0.25) is 0 Å². The predicted molar refractivity (Wildman–Crippen MR) is 127 cm³/mol. The molecule has 3 unspecified atom stereocenters. The molecule has 0 aliphatic carbocycles. The van der Waals surface area contributed by atoms with Crippen molar-refractivity contribution < 1.29 is 93.3 Å². The summed E-state index contributed by atoms with van der Waals surface area (Å²) in [7, 11) is -2.92. The molecule has 2 radical (unpaired) electrons. The molecule has 0 saturated carbocycles. The van der Waals surface area contributed by atoms with Crippen molar-refractivity contribution >= 4 is 10.1 Å². The largest absolute Gasteiger partial charge is 0.393 e. The third kappa shape index (κ3) is 87.3. The topological polar surface area (TPSA) is 107 Å². The molecule has 3 N–H and O–H groups in total. The van der Waals surface area contributed by atoms with Crippen molar-refractivity contribution in [3.63, 3.8) is 0 Å². The monoisotopic (exact) mass is 613 g/mol. The van der Waals surface area contributed by atoms with E-state index < -0.39 is 10.1 Å². The van der Waals surface area contributed by atoms with Crippen LogP contribution in [0.15, 0.2) is 0 Å². The van der Waals surface area contributed by atoms with Gasteiger partial charge in [-0.3, -0.25) is 0 Å². The van der Waals surface area contributed by atoms with Crippen LogP contribution in [0, 0.1) is 28.2 Å². The molecule has 1 saturated heterocycles. The fourth-order valence-corrected chi connectivity index (χ4v) is 0.914. The van der Waals surface area contributed by atoms with Crippen LogP contribution in [0.4, 0.5) is 0 Å². The molecule has 3 atom stereocenters. The molecule has 1 heterocycles. The van der Waals surface area contributed by atoms with Crippen molar-refractivity contribution in [2.75, 3.05) is 5.94 Å². The zero-order valence-corrected chi connectivity index (χ0v) is 26.5. The van der Waals surface area contributed by atoms with E-state index in [1.54, 1.807) is 13.8 Å². The molecule has 30 heavy (non-hydrogen) atoms. The van der Waals surface area contributed by atoms with Crippen molar-refractivity contribution in [3.8, 4) is 0 Å². The SMILES string of the molecule is C.C.CCC(C)C.CCC(C)O.CCC(O)CC(C)O.O=S1(=O)CO1.[CH3-].[CH3-].[CH3-].[Y].[Y]. The van der Waals surface area contributed by atoms with Gasteiger partial charge in [0, 0.05) is 65.4 Å². The third-order valence-corrected chi connectivity index (χ3v) is 3.42. The van der Waals surface area contributed by atoms with E-state index in [1.807, 2.05) is 13.8 Å². The molecular formula is C21H55O6SY2-3. The summed E-state index contributed by atoms with van der Waals surface area (Å²) in [5, 5.41) is 25.9. The molecular weight excluding hydrogens is 558 g/mol. The Bertz CT molecular complexity index is 320. The second kappa shape index (κ2) is 41.3. The van der Waals surface area contributed by atoms with E-state index in [9.17, 15) is 8.42 Å². The average molecular weight is 614 g/mol. The Hall–Kier alpha value is 2.00. The minimum Gasteiger partial charge on any atom is -0.393 e. The van der Waals surface area contributed by atoms with Crippen molar-refractivity contribution in [1.29, 1.82) is 0 Å². The Labute approximate surface area is 242 Å². The summed E-state index contributed by atoms with van der Waals surface area (Å²) in [6.45, 7) is 13.9. The van der Waals surface area contributed by atoms with Gasteiger partial charge in [-0.1, -0.05) is 55.9 Å². The van der Waals surface area contributed by atoms with Crippen LogP contribution in [0.3, 0.4) is 0 Å². The normalized spacial score (nSPS) is 13.8. The Morgan fingerprint density at radius 1 is 0.767 bits per heavy atom. The molecule has 1 rings (SSSR count). The third-order valence-electron chi connectivity index (χ3n) is 2.80. The zero-order valence-electron chi connectivity index (χ0n) is 20.0. The second-order valence-electron chi connectivity index (χ2n) is 6.00. The number of rotatable bonds is 5. The van der Waals surface area contributed by atoms with Crippen molar-refractivity contribution in [2.24, 2.45) is 5.92 Å². The van der Waals surface area contributed by atoms with E-state index in [1.165, 1.54) is 6.42 Å². The Morgan fingerprint density at radius 2 is 1.00 bits per heavy atom. The first kappa shape index (κ1) is 63.5. The number of aliphatic hydroxyl groups is 3. The summed E-state index contributed by atoms with van der Waals surface area (Å²) >= 11 is 0. The van der Waals surface area contributed by atoms with Crippen LogP contribution in [0.25, 0.3) is 0 Å². The Morgan fingerprint density at radius 3 is 1.03 bits per heavy atom. The number of hydrogen-bond acceptors (Lipinski definition) is 6. The smallest absolute Gasteiger partial charge is 0.294 e. The summed E-state index contributed by atoms with van der Waals surface area (Å²) in [4.78, 5) is 0. The van der Waals surface area contributed by atoms with Crippen LogP contribution in [-0.4, -0.2) is 48.0 Å². The Balaban J connectivity index is -0.0000000210. The Kier molecular flexibility index (Phi) is 87.4. The summed E-state index contributed by atoms with van der Waals surface area (Å²) in [6, 6.07) is 0. The molecule has 1 aliphatic heterocycles. The minimum atomic E-state index is -2.92. The van der Waals surface area contributed by atoms with Crippen molar-refractivity contribution in [3.05, 3.63) is 22.3 Å². The molecule has 1 fully saturated rings. The van der Waals surface area contributed by atoms with Crippen LogP contribution in [0.1, 0.15) is 89.0 Å². The number of hydrogen-bond donors (Lipinski definition) is 3. The first-order valence-corrected chi connectivity index (χ1v) is 9.90. The van der Waals surface area contributed by atoms with E-state index in [2.05, 4.69) is 25.0 Å². The molecule has 1 aliphatic rings. The van der Waals surface area contributed by atoms with Gasteiger partial charge in [0.2, 0.25) is 0 Å². The van der Waals surface area contributed by atoms with Crippen molar-refractivity contribution in [1.82, 2.24) is 0 Å². The standard InChI is InChI=1S/C6H14O2.C5H12.C4H10O.CH2O3S.2CH4.3CH3.2Y/c1-3-6(8)4-5(2)7;1-4-5(2)3;1-3-4(2)5;2-5(3)1-4-5;;;;;;;/h5-8H,3-4H2,1-2H3;5H,4H2,1-3H3;4-5H,3H2,1-2H3;1H2;2*1H4;3*1H3;;/q;;;;;;3*-1;;. The first-order valence-electron chi connectivity index (χ1n) is 8.32. The van der Waals surface area contributed by atoms with Crippen LogP contribution >= 0.6 is 0 Å². The van der Waals surface area contributed by atoms with Crippen LogP contribution in [-0.2, 0) is 79.7 Å². The van der Waals surface area contributed by atoms with Gasteiger partial charge < -0.3 is 37.6 Å². The van der Waals surface area contributed by atoms with Crippen LogP contribution in [0.5, 0.6) is 0 Å². The molecule has 0 aromatic rings.